The maximum absolute atomic E-state index is 11.3. The lowest BCUT2D eigenvalue weighted by atomic mass is 10.1. The highest BCUT2D eigenvalue weighted by atomic mass is 16.5. The number of hydrogen-bond acceptors (Lipinski definition) is 3. The SMILES string of the molecule is COCC(=O)Nc1ccc(NC(C)C(C)C)cc1. The Bertz CT molecular complexity index is 374. The predicted molar refractivity (Wildman–Crippen MR) is 74.9 cm³/mol. The number of methoxy groups -OCH3 is 1. The van der Waals surface area contributed by atoms with Crippen molar-refractivity contribution in [1.82, 2.24) is 0 Å². The van der Waals surface area contributed by atoms with Crippen LogP contribution in [0.4, 0.5) is 11.4 Å². The van der Waals surface area contributed by atoms with Gasteiger partial charge < -0.3 is 15.4 Å². The zero-order valence-electron chi connectivity index (χ0n) is 11.5. The predicted octanol–water partition coefficient (Wildman–Crippen LogP) is 2.73. The van der Waals surface area contributed by atoms with Gasteiger partial charge in [-0.3, -0.25) is 4.79 Å². The number of amides is 1. The van der Waals surface area contributed by atoms with Crippen molar-refractivity contribution in [3.05, 3.63) is 24.3 Å². The van der Waals surface area contributed by atoms with E-state index in [1.807, 2.05) is 24.3 Å². The Kier molecular flexibility index (Phi) is 5.65. The monoisotopic (exact) mass is 250 g/mol. The van der Waals surface area contributed by atoms with Crippen LogP contribution in [0, 0.1) is 5.92 Å². The fourth-order valence-electron chi connectivity index (χ4n) is 1.41. The van der Waals surface area contributed by atoms with Crippen molar-refractivity contribution in [2.45, 2.75) is 26.8 Å². The lowest BCUT2D eigenvalue weighted by Gasteiger charge is -2.19. The van der Waals surface area contributed by atoms with Gasteiger partial charge in [0, 0.05) is 24.5 Å². The van der Waals surface area contributed by atoms with Crippen molar-refractivity contribution in [1.29, 1.82) is 0 Å². The number of benzene rings is 1. The first-order valence-corrected chi connectivity index (χ1v) is 6.18. The van der Waals surface area contributed by atoms with Crippen LogP contribution in [-0.2, 0) is 9.53 Å². The van der Waals surface area contributed by atoms with Crippen molar-refractivity contribution in [3.8, 4) is 0 Å². The summed E-state index contributed by atoms with van der Waals surface area (Å²) in [6, 6.07) is 8.09. The third-order valence-corrected chi connectivity index (χ3v) is 2.84. The number of carbonyl (C=O) groups excluding carboxylic acids is 1. The van der Waals surface area contributed by atoms with Gasteiger partial charge in [-0.1, -0.05) is 13.8 Å². The summed E-state index contributed by atoms with van der Waals surface area (Å²) in [5.74, 6) is 0.430. The van der Waals surface area contributed by atoms with Gasteiger partial charge in [-0.15, -0.1) is 0 Å². The number of rotatable bonds is 6. The highest BCUT2D eigenvalue weighted by Crippen LogP contribution is 2.16. The molecule has 4 heteroatoms. The summed E-state index contributed by atoms with van der Waals surface area (Å²) in [4.78, 5) is 11.3. The van der Waals surface area contributed by atoms with Gasteiger partial charge in [0.05, 0.1) is 0 Å². The molecule has 2 N–H and O–H groups in total. The third kappa shape index (κ3) is 4.75. The van der Waals surface area contributed by atoms with Crippen LogP contribution in [0.15, 0.2) is 24.3 Å². The molecular formula is C14H22N2O2. The van der Waals surface area contributed by atoms with Gasteiger partial charge >= 0.3 is 0 Å². The second-order valence-corrected chi connectivity index (χ2v) is 4.74. The Morgan fingerprint density at radius 3 is 2.22 bits per heavy atom. The van der Waals surface area contributed by atoms with Gasteiger partial charge in [0.1, 0.15) is 6.61 Å². The highest BCUT2D eigenvalue weighted by Gasteiger charge is 2.06. The minimum absolute atomic E-state index is 0.0738. The molecule has 18 heavy (non-hydrogen) atoms. The van der Waals surface area contributed by atoms with Crippen LogP contribution in [0.25, 0.3) is 0 Å². The zero-order valence-corrected chi connectivity index (χ0v) is 11.5. The van der Waals surface area contributed by atoms with Gasteiger partial charge in [-0.2, -0.15) is 0 Å². The molecule has 0 aliphatic carbocycles. The van der Waals surface area contributed by atoms with Crippen LogP contribution in [0.3, 0.4) is 0 Å². The van der Waals surface area contributed by atoms with Crippen LogP contribution in [0.5, 0.6) is 0 Å². The van der Waals surface area contributed by atoms with Crippen molar-refractivity contribution in [2.75, 3.05) is 24.4 Å². The summed E-state index contributed by atoms with van der Waals surface area (Å²) in [5.41, 5.74) is 1.83. The maximum atomic E-state index is 11.3. The molecule has 4 nitrogen and oxygen atoms in total. The van der Waals surface area contributed by atoms with Crippen molar-refractivity contribution < 1.29 is 9.53 Å². The first-order chi connectivity index (χ1) is 8.52. The van der Waals surface area contributed by atoms with E-state index < -0.39 is 0 Å². The summed E-state index contributed by atoms with van der Waals surface area (Å²) in [6.45, 7) is 6.58. The first-order valence-electron chi connectivity index (χ1n) is 6.18. The van der Waals surface area contributed by atoms with E-state index in [0.29, 0.717) is 12.0 Å². The Labute approximate surface area is 109 Å². The standard InChI is InChI=1S/C14H22N2O2/c1-10(2)11(3)15-12-5-7-13(8-6-12)16-14(17)9-18-4/h5-8,10-11,15H,9H2,1-4H3,(H,16,17). The van der Waals surface area contributed by atoms with E-state index >= 15 is 0 Å². The topological polar surface area (TPSA) is 50.4 Å². The van der Waals surface area contributed by atoms with Crippen LogP contribution in [0.2, 0.25) is 0 Å². The van der Waals surface area contributed by atoms with Gasteiger partial charge in [0.15, 0.2) is 0 Å². The molecule has 1 amide bonds. The fourth-order valence-corrected chi connectivity index (χ4v) is 1.41. The number of anilines is 2. The molecule has 1 unspecified atom stereocenters. The average Bonchev–Trinajstić information content (AvgIpc) is 2.31. The number of hydrogen-bond donors (Lipinski definition) is 2. The van der Waals surface area contributed by atoms with Crippen LogP contribution in [-0.4, -0.2) is 25.7 Å². The molecule has 0 saturated heterocycles. The second-order valence-electron chi connectivity index (χ2n) is 4.74. The molecule has 100 valence electrons. The Morgan fingerprint density at radius 1 is 1.17 bits per heavy atom. The number of nitrogens with one attached hydrogen (secondary N) is 2. The normalized spacial score (nSPS) is 12.3. The second kappa shape index (κ2) is 7.01. The molecule has 1 aromatic carbocycles. The van der Waals surface area contributed by atoms with Crippen LogP contribution >= 0.6 is 0 Å². The van der Waals surface area contributed by atoms with E-state index in [9.17, 15) is 4.79 Å². The smallest absolute Gasteiger partial charge is 0.250 e. The Balaban J connectivity index is 2.54. The first kappa shape index (κ1) is 14.5. The molecule has 0 aromatic heterocycles. The van der Waals surface area contributed by atoms with E-state index in [0.717, 1.165) is 11.4 Å². The molecule has 0 fully saturated rings. The molecule has 1 atom stereocenters. The summed E-state index contributed by atoms with van der Waals surface area (Å²) in [7, 11) is 1.50. The minimum Gasteiger partial charge on any atom is -0.382 e. The van der Waals surface area contributed by atoms with Gasteiger partial charge in [-0.25, -0.2) is 0 Å². The van der Waals surface area contributed by atoms with Crippen molar-refractivity contribution in [2.24, 2.45) is 5.92 Å². The lowest BCUT2D eigenvalue weighted by Crippen LogP contribution is -2.21. The Morgan fingerprint density at radius 2 is 1.72 bits per heavy atom. The third-order valence-electron chi connectivity index (χ3n) is 2.84. The summed E-state index contributed by atoms with van der Waals surface area (Å²) in [5, 5.41) is 6.16. The highest BCUT2D eigenvalue weighted by molar-refractivity contribution is 5.91. The van der Waals surface area contributed by atoms with Gasteiger partial charge in [0.2, 0.25) is 5.91 Å². The van der Waals surface area contributed by atoms with Gasteiger partial charge in [0.25, 0.3) is 0 Å². The zero-order chi connectivity index (χ0) is 13.5. The van der Waals surface area contributed by atoms with Gasteiger partial charge in [-0.05, 0) is 37.1 Å². The lowest BCUT2D eigenvalue weighted by molar-refractivity contribution is -0.119. The largest absolute Gasteiger partial charge is 0.382 e. The van der Waals surface area contributed by atoms with Crippen molar-refractivity contribution >= 4 is 17.3 Å². The van der Waals surface area contributed by atoms with Crippen molar-refractivity contribution in [3.63, 3.8) is 0 Å². The molecule has 0 bridgehead atoms. The van der Waals surface area contributed by atoms with E-state index in [1.54, 1.807) is 0 Å². The molecule has 0 aliphatic rings. The number of carbonyl (C=O) groups is 1. The molecular weight excluding hydrogens is 228 g/mol. The molecule has 0 saturated carbocycles. The summed E-state index contributed by atoms with van der Waals surface area (Å²) < 4.78 is 4.75. The Hall–Kier alpha value is -1.55. The molecule has 0 heterocycles. The fraction of sp³-hybridized carbons (Fsp3) is 0.500. The summed E-state index contributed by atoms with van der Waals surface area (Å²) >= 11 is 0. The number of ether oxygens (including phenoxy) is 1. The average molecular weight is 250 g/mol. The molecule has 1 rings (SSSR count). The quantitative estimate of drug-likeness (QED) is 0.816. The maximum Gasteiger partial charge on any atom is 0.250 e. The summed E-state index contributed by atoms with van der Waals surface area (Å²) in [6.07, 6.45) is 0. The van der Waals surface area contributed by atoms with E-state index in [1.165, 1.54) is 7.11 Å². The molecule has 0 aliphatic heterocycles. The van der Waals surface area contributed by atoms with E-state index in [-0.39, 0.29) is 12.5 Å². The van der Waals surface area contributed by atoms with E-state index in [4.69, 9.17) is 4.74 Å². The molecule has 0 spiro atoms. The molecule has 0 radical (unpaired) electrons. The van der Waals surface area contributed by atoms with Crippen LogP contribution < -0.4 is 10.6 Å². The molecule has 1 aromatic rings. The minimum atomic E-state index is -0.145. The van der Waals surface area contributed by atoms with Crippen LogP contribution in [0.1, 0.15) is 20.8 Å². The van der Waals surface area contributed by atoms with E-state index in [2.05, 4.69) is 31.4 Å².